The zero-order chi connectivity index (χ0) is 16.9. The highest BCUT2D eigenvalue weighted by molar-refractivity contribution is 5.81. The second-order valence-electron chi connectivity index (χ2n) is 4.26. The van der Waals surface area contributed by atoms with Gasteiger partial charge in [-0.2, -0.15) is 13.2 Å². The van der Waals surface area contributed by atoms with Gasteiger partial charge in [0.2, 0.25) is 5.91 Å². The van der Waals surface area contributed by atoms with Crippen LogP contribution in [0.15, 0.2) is 0 Å². The number of carbonyl (C=O) groups is 3. The van der Waals surface area contributed by atoms with Crippen molar-refractivity contribution in [3.05, 3.63) is 0 Å². The van der Waals surface area contributed by atoms with Gasteiger partial charge in [0.05, 0.1) is 6.54 Å². The van der Waals surface area contributed by atoms with Gasteiger partial charge in [0.25, 0.3) is 0 Å². The van der Waals surface area contributed by atoms with Crippen molar-refractivity contribution in [1.82, 2.24) is 10.6 Å². The van der Waals surface area contributed by atoms with Gasteiger partial charge in [0, 0.05) is 13.0 Å². The van der Waals surface area contributed by atoms with Crippen molar-refractivity contribution in [1.29, 1.82) is 0 Å². The van der Waals surface area contributed by atoms with Gasteiger partial charge in [-0.1, -0.05) is 6.42 Å². The SMILES string of the molecule is CC(=O)CCCCCNC(=O)C(F)(F)F.CNCC(N)=O. The summed E-state index contributed by atoms with van der Waals surface area (Å²) in [6.45, 7) is 1.72. The molecule has 0 aliphatic rings. The van der Waals surface area contributed by atoms with Crippen molar-refractivity contribution < 1.29 is 27.6 Å². The van der Waals surface area contributed by atoms with Crippen LogP contribution in [0.25, 0.3) is 0 Å². The average molecular weight is 313 g/mol. The van der Waals surface area contributed by atoms with Crippen LogP contribution in [-0.2, 0) is 14.4 Å². The predicted octanol–water partition coefficient (Wildman–Crippen LogP) is 0.505. The Morgan fingerprint density at radius 1 is 1.10 bits per heavy atom. The lowest BCUT2D eigenvalue weighted by molar-refractivity contribution is -0.173. The molecular formula is C12H22F3N3O3. The molecule has 0 fully saturated rings. The van der Waals surface area contributed by atoms with Crippen molar-refractivity contribution in [2.75, 3.05) is 20.1 Å². The van der Waals surface area contributed by atoms with E-state index in [1.165, 1.54) is 6.92 Å². The van der Waals surface area contributed by atoms with E-state index in [4.69, 9.17) is 5.73 Å². The fourth-order valence-corrected chi connectivity index (χ4v) is 1.15. The first-order valence-corrected chi connectivity index (χ1v) is 6.38. The van der Waals surface area contributed by atoms with Gasteiger partial charge in [0.15, 0.2) is 0 Å². The molecule has 0 aromatic heterocycles. The largest absolute Gasteiger partial charge is 0.471 e. The number of rotatable bonds is 8. The zero-order valence-corrected chi connectivity index (χ0v) is 12.2. The summed E-state index contributed by atoms with van der Waals surface area (Å²) in [6.07, 6.45) is -2.63. The molecule has 0 spiro atoms. The Hall–Kier alpha value is -1.64. The predicted molar refractivity (Wildman–Crippen MR) is 71.3 cm³/mol. The number of nitrogens with one attached hydrogen (secondary N) is 2. The summed E-state index contributed by atoms with van der Waals surface area (Å²) >= 11 is 0. The number of halogens is 3. The first kappa shape index (κ1) is 21.7. The maximum atomic E-state index is 11.7. The standard InChI is InChI=1S/C9H14F3NO2.C3H8N2O/c1-7(14)5-3-2-4-6-13-8(15)9(10,11)12;1-5-2-3(4)6/h2-6H2,1H3,(H,13,15);5H,2H2,1H3,(H2,4,6). The van der Waals surface area contributed by atoms with E-state index in [1.807, 2.05) is 0 Å². The van der Waals surface area contributed by atoms with Crippen LogP contribution < -0.4 is 16.4 Å². The van der Waals surface area contributed by atoms with Crippen LogP contribution in [0.1, 0.15) is 32.6 Å². The summed E-state index contributed by atoms with van der Waals surface area (Å²) < 4.78 is 35.0. The molecule has 4 N–H and O–H groups in total. The van der Waals surface area contributed by atoms with Crippen LogP contribution >= 0.6 is 0 Å². The molecule has 0 saturated carbocycles. The molecule has 0 atom stereocenters. The van der Waals surface area contributed by atoms with Gasteiger partial charge < -0.3 is 21.2 Å². The van der Waals surface area contributed by atoms with E-state index in [2.05, 4.69) is 5.32 Å². The number of Topliss-reactive ketones (excluding diaryl/α,β-unsaturated/α-hetero) is 1. The van der Waals surface area contributed by atoms with Crippen LogP contribution in [0.3, 0.4) is 0 Å². The van der Waals surface area contributed by atoms with Crippen LogP contribution in [0.4, 0.5) is 13.2 Å². The van der Waals surface area contributed by atoms with E-state index in [0.717, 1.165) is 0 Å². The fourth-order valence-electron chi connectivity index (χ4n) is 1.15. The summed E-state index contributed by atoms with van der Waals surface area (Å²) in [6, 6.07) is 0. The Balaban J connectivity index is 0. The van der Waals surface area contributed by atoms with Crippen molar-refractivity contribution in [3.63, 3.8) is 0 Å². The van der Waals surface area contributed by atoms with Gasteiger partial charge in [-0.3, -0.25) is 9.59 Å². The van der Waals surface area contributed by atoms with Gasteiger partial charge in [-0.25, -0.2) is 0 Å². The van der Waals surface area contributed by atoms with Crippen LogP contribution in [0.5, 0.6) is 0 Å². The minimum Gasteiger partial charge on any atom is -0.369 e. The molecule has 0 heterocycles. The van der Waals surface area contributed by atoms with E-state index >= 15 is 0 Å². The topological polar surface area (TPSA) is 101 Å². The van der Waals surface area contributed by atoms with E-state index < -0.39 is 12.1 Å². The molecule has 9 heteroatoms. The molecule has 0 saturated heterocycles. The minimum absolute atomic E-state index is 0.00372. The number of nitrogens with two attached hydrogens (primary N) is 1. The highest BCUT2D eigenvalue weighted by atomic mass is 19.4. The van der Waals surface area contributed by atoms with Crippen molar-refractivity contribution in [2.45, 2.75) is 38.8 Å². The first-order chi connectivity index (χ1) is 9.61. The summed E-state index contributed by atoms with van der Waals surface area (Å²) in [7, 11) is 1.67. The smallest absolute Gasteiger partial charge is 0.369 e. The zero-order valence-electron chi connectivity index (χ0n) is 12.2. The van der Waals surface area contributed by atoms with Gasteiger partial charge >= 0.3 is 12.1 Å². The highest BCUT2D eigenvalue weighted by Crippen LogP contribution is 2.13. The lowest BCUT2D eigenvalue weighted by Gasteiger charge is -2.07. The molecule has 2 amide bonds. The van der Waals surface area contributed by atoms with E-state index in [-0.39, 0.29) is 24.8 Å². The maximum absolute atomic E-state index is 11.7. The number of unbranched alkanes of at least 4 members (excludes halogenated alkanes) is 2. The van der Waals surface area contributed by atoms with E-state index in [1.54, 1.807) is 12.4 Å². The fraction of sp³-hybridized carbons (Fsp3) is 0.750. The summed E-state index contributed by atoms with van der Waals surface area (Å²) in [4.78, 5) is 30.6. The molecule has 0 aliphatic heterocycles. The molecule has 0 radical (unpaired) electrons. The molecule has 0 rings (SSSR count). The highest BCUT2D eigenvalue weighted by Gasteiger charge is 2.38. The second-order valence-corrected chi connectivity index (χ2v) is 4.26. The van der Waals surface area contributed by atoms with Crippen LogP contribution in [0.2, 0.25) is 0 Å². The Bertz CT molecular complexity index is 333. The third-order valence-corrected chi connectivity index (χ3v) is 2.10. The average Bonchev–Trinajstić information content (AvgIpc) is 2.32. The van der Waals surface area contributed by atoms with Gasteiger partial charge in [-0.05, 0) is 26.8 Å². The van der Waals surface area contributed by atoms with Crippen molar-refractivity contribution in [2.24, 2.45) is 5.73 Å². The molecule has 124 valence electrons. The number of hydrogen-bond donors (Lipinski definition) is 3. The van der Waals surface area contributed by atoms with E-state index in [9.17, 15) is 27.6 Å². The molecule has 0 unspecified atom stereocenters. The van der Waals surface area contributed by atoms with Crippen LogP contribution in [-0.4, -0.2) is 43.9 Å². The van der Waals surface area contributed by atoms with Gasteiger partial charge in [0.1, 0.15) is 5.78 Å². The monoisotopic (exact) mass is 313 g/mol. The number of amides is 2. The summed E-state index contributed by atoms with van der Waals surface area (Å²) in [5.41, 5.74) is 4.70. The molecule has 0 aromatic rings. The molecule has 0 aliphatic carbocycles. The van der Waals surface area contributed by atoms with Crippen molar-refractivity contribution in [3.8, 4) is 0 Å². The van der Waals surface area contributed by atoms with Gasteiger partial charge in [-0.15, -0.1) is 0 Å². The molecule has 6 nitrogen and oxygen atoms in total. The molecular weight excluding hydrogens is 291 g/mol. The summed E-state index contributed by atoms with van der Waals surface area (Å²) in [5.74, 6) is -2.17. The third-order valence-electron chi connectivity index (χ3n) is 2.10. The van der Waals surface area contributed by atoms with Crippen molar-refractivity contribution >= 4 is 17.6 Å². The lowest BCUT2D eigenvalue weighted by Crippen LogP contribution is -2.37. The lowest BCUT2D eigenvalue weighted by atomic mass is 10.1. The number of hydrogen-bond acceptors (Lipinski definition) is 4. The maximum Gasteiger partial charge on any atom is 0.471 e. The Morgan fingerprint density at radius 3 is 2.00 bits per heavy atom. The minimum atomic E-state index is -4.81. The molecule has 0 bridgehead atoms. The third kappa shape index (κ3) is 18.4. The second kappa shape index (κ2) is 12.1. The number of alkyl halides is 3. The normalized spacial score (nSPS) is 10.3. The number of likely N-dealkylation sites (N-methyl/N-ethyl adjacent to an activating group) is 1. The Kier molecular flexibility index (Phi) is 12.5. The Labute approximate surface area is 121 Å². The van der Waals surface area contributed by atoms with Crippen LogP contribution in [0, 0.1) is 0 Å². The summed E-state index contributed by atoms with van der Waals surface area (Å²) in [5, 5.41) is 4.35. The quantitative estimate of drug-likeness (QED) is 0.568. The number of ketones is 1. The molecule has 21 heavy (non-hydrogen) atoms. The number of carbonyl (C=O) groups excluding carboxylic acids is 3. The Morgan fingerprint density at radius 2 is 1.67 bits per heavy atom. The molecule has 0 aromatic carbocycles. The number of primary amides is 1. The first-order valence-electron chi connectivity index (χ1n) is 6.38. The van der Waals surface area contributed by atoms with E-state index in [0.29, 0.717) is 25.7 Å².